The van der Waals surface area contributed by atoms with Crippen LogP contribution >= 0.6 is 15.9 Å². The zero-order valence-corrected chi connectivity index (χ0v) is 12.2. The quantitative estimate of drug-likeness (QED) is 0.932. The normalized spacial score (nSPS) is 22.6. The summed E-state index contributed by atoms with van der Waals surface area (Å²) in [6.07, 6.45) is 2.46. The van der Waals surface area contributed by atoms with Crippen LogP contribution in [0.4, 0.5) is 0 Å². The SMILES string of the molecule is CC1(C)CCN(C(CN)c2ccc(Br)o2)CC1. The molecule has 1 unspecified atom stereocenters. The first-order chi connectivity index (χ1) is 8.02. The largest absolute Gasteiger partial charge is 0.453 e. The summed E-state index contributed by atoms with van der Waals surface area (Å²) in [5, 5.41) is 0. The van der Waals surface area contributed by atoms with Gasteiger partial charge >= 0.3 is 0 Å². The molecule has 1 aliphatic heterocycles. The number of piperidine rings is 1. The summed E-state index contributed by atoms with van der Waals surface area (Å²) in [6.45, 7) is 7.50. The molecule has 2 heterocycles. The molecular formula is C13H21BrN2O. The van der Waals surface area contributed by atoms with Gasteiger partial charge in [0.1, 0.15) is 5.76 Å². The van der Waals surface area contributed by atoms with Gasteiger partial charge in [-0.25, -0.2) is 0 Å². The molecule has 1 saturated heterocycles. The van der Waals surface area contributed by atoms with Gasteiger partial charge in [0.05, 0.1) is 6.04 Å². The van der Waals surface area contributed by atoms with Crippen molar-refractivity contribution in [3.8, 4) is 0 Å². The molecule has 0 aromatic carbocycles. The number of nitrogens with zero attached hydrogens (tertiary/aromatic N) is 1. The highest BCUT2D eigenvalue weighted by Crippen LogP contribution is 2.34. The molecule has 17 heavy (non-hydrogen) atoms. The highest BCUT2D eigenvalue weighted by molar-refractivity contribution is 9.10. The smallest absolute Gasteiger partial charge is 0.169 e. The van der Waals surface area contributed by atoms with Crippen LogP contribution in [0, 0.1) is 5.41 Å². The van der Waals surface area contributed by atoms with E-state index in [-0.39, 0.29) is 6.04 Å². The average Bonchev–Trinajstić information content (AvgIpc) is 2.68. The van der Waals surface area contributed by atoms with Crippen molar-refractivity contribution in [3.05, 3.63) is 22.6 Å². The molecule has 0 spiro atoms. The molecule has 4 heteroatoms. The number of rotatable bonds is 3. The Morgan fingerprint density at radius 1 is 1.41 bits per heavy atom. The summed E-state index contributed by atoms with van der Waals surface area (Å²) >= 11 is 3.35. The van der Waals surface area contributed by atoms with Crippen LogP contribution in [0.1, 0.15) is 38.5 Å². The summed E-state index contributed by atoms with van der Waals surface area (Å²) < 4.78 is 6.42. The molecule has 1 atom stereocenters. The number of likely N-dealkylation sites (tertiary alicyclic amines) is 1. The number of nitrogens with two attached hydrogens (primary N) is 1. The molecule has 0 bridgehead atoms. The van der Waals surface area contributed by atoms with Crippen molar-refractivity contribution < 1.29 is 4.42 Å². The third-order valence-electron chi connectivity index (χ3n) is 3.74. The van der Waals surface area contributed by atoms with Gasteiger partial charge < -0.3 is 10.2 Å². The van der Waals surface area contributed by atoms with Crippen LogP contribution < -0.4 is 5.73 Å². The van der Waals surface area contributed by atoms with Gasteiger partial charge in [-0.3, -0.25) is 4.90 Å². The standard InChI is InChI=1S/C13H21BrN2O/c1-13(2)5-7-16(8-6-13)10(9-15)11-3-4-12(14)17-11/h3-4,10H,5-9,15H2,1-2H3. The van der Waals surface area contributed by atoms with Crippen molar-refractivity contribution in [2.75, 3.05) is 19.6 Å². The van der Waals surface area contributed by atoms with Crippen LogP contribution in [-0.2, 0) is 0 Å². The summed E-state index contributed by atoms with van der Waals surface area (Å²) in [5.74, 6) is 0.971. The minimum absolute atomic E-state index is 0.220. The molecule has 0 aliphatic carbocycles. The third kappa shape index (κ3) is 3.12. The highest BCUT2D eigenvalue weighted by atomic mass is 79.9. The van der Waals surface area contributed by atoms with Gasteiger partial charge in [0.15, 0.2) is 4.67 Å². The van der Waals surface area contributed by atoms with E-state index in [0.717, 1.165) is 23.5 Å². The Morgan fingerprint density at radius 2 is 2.06 bits per heavy atom. The maximum atomic E-state index is 5.90. The van der Waals surface area contributed by atoms with Crippen molar-refractivity contribution in [2.24, 2.45) is 11.1 Å². The van der Waals surface area contributed by atoms with E-state index >= 15 is 0 Å². The molecule has 0 amide bonds. The fourth-order valence-electron chi connectivity index (χ4n) is 2.39. The Kier molecular flexibility index (Phi) is 3.95. The number of furan rings is 1. The van der Waals surface area contributed by atoms with Gasteiger partial charge in [-0.2, -0.15) is 0 Å². The van der Waals surface area contributed by atoms with Crippen LogP contribution in [0.2, 0.25) is 0 Å². The van der Waals surface area contributed by atoms with Gasteiger partial charge in [-0.15, -0.1) is 0 Å². The number of halogens is 1. The minimum atomic E-state index is 0.220. The van der Waals surface area contributed by atoms with E-state index in [9.17, 15) is 0 Å². The summed E-state index contributed by atoms with van der Waals surface area (Å²) in [7, 11) is 0. The van der Waals surface area contributed by atoms with Crippen molar-refractivity contribution in [1.82, 2.24) is 4.90 Å². The van der Waals surface area contributed by atoms with Crippen LogP contribution in [-0.4, -0.2) is 24.5 Å². The Morgan fingerprint density at radius 3 is 2.53 bits per heavy atom. The highest BCUT2D eigenvalue weighted by Gasteiger charge is 2.30. The van der Waals surface area contributed by atoms with E-state index in [1.807, 2.05) is 12.1 Å². The van der Waals surface area contributed by atoms with Crippen LogP contribution in [0.25, 0.3) is 0 Å². The molecule has 1 fully saturated rings. The monoisotopic (exact) mass is 300 g/mol. The molecule has 1 aromatic heterocycles. The maximum absolute atomic E-state index is 5.90. The first-order valence-corrected chi connectivity index (χ1v) is 7.00. The van der Waals surface area contributed by atoms with Crippen molar-refractivity contribution in [1.29, 1.82) is 0 Å². The van der Waals surface area contributed by atoms with E-state index < -0.39 is 0 Å². The van der Waals surface area contributed by atoms with E-state index in [1.54, 1.807) is 0 Å². The van der Waals surface area contributed by atoms with Gasteiger partial charge in [0, 0.05) is 6.54 Å². The van der Waals surface area contributed by atoms with E-state index in [4.69, 9.17) is 10.2 Å². The summed E-state index contributed by atoms with van der Waals surface area (Å²) in [5.41, 5.74) is 6.37. The first-order valence-electron chi connectivity index (χ1n) is 6.21. The Balaban J connectivity index is 2.05. The second-order valence-corrected chi connectivity index (χ2v) is 6.38. The second-order valence-electron chi connectivity index (χ2n) is 5.59. The molecule has 3 nitrogen and oxygen atoms in total. The lowest BCUT2D eigenvalue weighted by atomic mass is 9.82. The molecule has 96 valence electrons. The van der Waals surface area contributed by atoms with Crippen LogP contribution in [0.15, 0.2) is 21.2 Å². The number of hydrogen-bond acceptors (Lipinski definition) is 3. The van der Waals surface area contributed by atoms with E-state index in [2.05, 4.69) is 34.7 Å². The minimum Gasteiger partial charge on any atom is -0.453 e. The zero-order valence-electron chi connectivity index (χ0n) is 10.6. The summed E-state index contributed by atoms with van der Waals surface area (Å²) in [4.78, 5) is 2.44. The Bertz CT molecular complexity index is 365. The lowest BCUT2D eigenvalue weighted by Gasteiger charge is -2.40. The summed E-state index contributed by atoms with van der Waals surface area (Å²) in [6, 6.07) is 4.17. The molecule has 2 rings (SSSR count). The van der Waals surface area contributed by atoms with Crippen molar-refractivity contribution >= 4 is 15.9 Å². The van der Waals surface area contributed by atoms with Crippen molar-refractivity contribution in [3.63, 3.8) is 0 Å². The predicted octanol–water partition coefficient (Wildman–Crippen LogP) is 3.16. The van der Waals surface area contributed by atoms with Gasteiger partial charge in [0.2, 0.25) is 0 Å². The van der Waals surface area contributed by atoms with Crippen LogP contribution in [0.5, 0.6) is 0 Å². The molecule has 1 aliphatic rings. The molecular weight excluding hydrogens is 280 g/mol. The maximum Gasteiger partial charge on any atom is 0.169 e. The zero-order chi connectivity index (χ0) is 12.5. The topological polar surface area (TPSA) is 42.4 Å². The van der Waals surface area contributed by atoms with E-state index in [0.29, 0.717) is 12.0 Å². The predicted molar refractivity (Wildman–Crippen MR) is 72.8 cm³/mol. The lowest BCUT2D eigenvalue weighted by molar-refractivity contribution is 0.0866. The van der Waals surface area contributed by atoms with Gasteiger partial charge in [0.25, 0.3) is 0 Å². The molecule has 0 saturated carbocycles. The lowest BCUT2D eigenvalue weighted by Crippen LogP contribution is -2.42. The van der Waals surface area contributed by atoms with Gasteiger partial charge in [-0.05, 0) is 59.4 Å². The Labute approximate surface area is 111 Å². The molecule has 2 N–H and O–H groups in total. The Hall–Kier alpha value is -0.320. The fraction of sp³-hybridized carbons (Fsp3) is 0.692. The molecule has 1 aromatic rings. The fourth-order valence-corrected chi connectivity index (χ4v) is 2.71. The van der Waals surface area contributed by atoms with E-state index in [1.165, 1.54) is 12.8 Å². The molecule has 0 radical (unpaired) electrons. The van der Waals surface area contributed by atoms with Crippen molar-refractivity contribution in [2.45, 2.75) is 32.7 Å². The average molecular weight is 301 g/mol. The third-order valence-corrected chi connectivity index (χ3v) is 4.16. The number of hydrogen-bond donors (Lipinski definition) is 1. The van der Waals surface area contributed by atoms with Gasteiger partial charge in [-0.1, -0.05) is 13.8 Å². The second kappa shape index (κ2) is 5.12. The van der Waals surface area contributed by atoms with Crippen LogP contribution in [0.3, 0.4) is 0 Å². The first kappa shape index (κ1) is 13.1.